The number of nitrogens with one attached hydrogen (secondary N) is 1. The van der Waals surface area contributed by atoms with E-state index in [1.807, 2.05) is 19.9 Å². The molecule has 9 heteroatoms. The van der Waals surface area contributed by atoms with Crippen LogP contribution in [0.15, 0.2) is 47.4 Å². The molecule has 0 radical (unpaired) electrons. The van der Waals surface area contributed by atoms with Gasteiger partial charge in [-0.1, -0.05) is 25.1 Å². The van der Waals surface area contributed by atoms with E-state index in [0.29, 0.717) is 11.3 Å². The third-order valence-corrected chi connectivity index (χ3v) is 7.27. The van der Waals surface area contributed by atoms with Gasteiger partial charge in [-0.3, -0.25) is 9.10 Å². The summed E-state index contributed by atoms with van der Waals surface area (Å²) in [6.45, 7) is 7.28. The zero-order valence-corrected chi connectivity index (χ0v) is 20.3. The maximum atomic E-state index is 13.1. The molecule has 0 aliphatic rings. The summed E-state index contributed by atoms with van der Waals surface area (Å²) in [5, 5.41) is 2.86. The van der Waals surface area contributed by atoms with E-state index < -0.39 is 37.9 Å². The molecule has 2 aromatic rings. The molecule has 31 heavy (non-hydrogen) atoms. The van der Waals surface area contributed by atoms with Crippen molar-refractivity contribution in [2.24, 2.45) is 0 Å². The van der Waals surface area contributed by atoms with Crippen LogP contribution < -0.4 is 9.62 Å². The van der Waals surface area contributed by atoms with Crippen LogP contribution in [0.25, 0.3) is 0 Å². The quantitative estimate of drug-likeness (QED) is 0.644. The van der Waals surface area contributed by atoms with Gasteiger partial charge in [-0.15, -0.1) is 0 Å². The Morgan fingerprint density at radius 2 is 1.48 bits per heavy atom. The summed E-state index contributed by atoms with van der Waals surface area (Å²) < 4.78 is 49.7. The summed E-state index contributed by atoms with van der Waals surface area (Å²) >= 11 is 0. The average molecular weight is 467 g/mol. The van der Waals surface area contributed by atoms with E-state index in [4.69, 9.17) is 0 Å². The van der Waals surface area contributed by atoms with Crippen LogP contribution in [0, 0.1) is 13.8 Å². The summed E-state index contributed by atoms with van der Waals surface area (Å²) in [5.74, 6) is -0.424. The molecule has 7 nitrogen and oxygen atoms in total. The first-order chi connectivity index (χ1) is 14.2. The van der Waals surface area contributed by atoms with Gasteiger partial charge >= 0.3 is 0 Å². The Labute approximate surface area is 185 Å². The largest absolute Gasteiger partial charge is 0.348 e. The second-order valence-electron chi connectivity index (χ2n) is 7.90. The molecule has 0 saturated carbocycles. The maximum Gasteiger partial charge on any atom is 0.244 e. The van der Waals surface area contributed by atoms with Gasteiger partial charge in [0, 0.05) is 6.26 Å². The van der Waals surface area contributed by atoms with Crippen LogP contribution in [0.5, 0.6) is 0 Å². The molecule has 0 fully saturated rings. The predicted octanol–water partition coefficient (Wildman–Crippen LogP) is 3.13. The van der Waals surface area contributed by atoms with Crippen molar-refractivity contribution in [1.82, 2.24) is 5.32 Å². The Kier molecular flexibility index (Phi) is 7.54. The summed E-state index contributed by atoms with van der Waals surface area (Å²) in [7, 11) is -7.04. The lowest BCUT2D eigenvalue weighted by atomic mass is 10.1. The topological polar surface area (TPSA) is 101 Å². The number of nitrogens with zero attached hydrogens (tertiary/aromatic N) is 1. The number of hydrogen-bond acceptors (Lipinski definition) is 5. The molecule has 1 N–H and O–H groups in total. The third kappa shape index (κ3) is 6.30. The second kappa shape index (κ2) is 9.40. The van der Waals surface area contributed by atoms with Gasteiger partial charge in [-0.2, -0.15) is 0 Å². The number of amides is 1. The molecule has 1 amide bonds. The van der Waals surface area contributed by atoms with Crippen LogP contribution in [0.4, 0.5) is 5.69 Å². The van der Waals surface area contributed by atoms with E-state index in [2.05, 4.69) is 5.32 Å². The summed E-state index contributed by atoms with van der Waals surface area (Å²) in [4.78, 5) is 13.3. The zero-order valence-electron chi connectivity index (χ0n) is 18.7. The lowest BCUT2D eigenvalue weighted by Gasteiger charge is -2.31. The Bertz CT molecular complexity index is 1140. The minimum absolute atomic E-state index is 0.194. The van der Waals surface area contributed by atoms with Crippen LogP contribution in [0.3, 0.4) is 0 Å². The molecule has 0 aromatic heterocycles. The Morgan fingerprint density at radius 1 is 0.968 bits per heavy atom. The highest BCUT2D eigenvalue weighted by Crippen LogP contribution is 2.26. The van der Waals surface area contributed by atoms with Gasteiger partial charge in [-0.25, -0.2) is 16.8 Å². The van der Waals surface area contributed by atoms with E-state index in [1.54, 1.807) is 38.1 Å². The summed E-state index contributed by atoms with van der Waals surface area (Å²) in [6, 6.07) is 10.3. The molecule has 0 heterocycles. The van der Waals surface area contributed by atoms with Gasteiger partial charge in [0.1, 0.15) is 6.04 Å². The molecule has 0 aliphatic heterocycles. The van der Waals surface area contributed by atoms with E-state index in [0.717, 1.165) is 23.6 Å². The van der Waals surface area contributed by atoms with Crippen LogP contribution in [0.2, 0.25) is 0 Å². The van der Waals surface area contributed by atoms with Crippen LogP contribution in [-0.4, -0.2) is 41.3 Å². The van der Waals surface area contributed by atoms with Crippen molar-refractivity contribution in [2.75, 3.05) is 16.8 Å². The minimum atomic E-state index is -3.72. The highest BCUT2D eigenvalue weighted by molar-refractivity contribution is 7.92. The van der Waals surface area contributed by atoms with E-state index in [-0.39, 0.29) is 11.3 Å². The number of rotatable bonds is 8. The number of carbonyl (C=O) groups excluding carboxylic acids is 1. The van der Waals surface area contributed by atoms with Gasteiger partial charge in [-0.05, 0) is 68.1 Å². The monoisotopic (exact) mass is 466 g/mol. The van der Waals surface area contributed by atoms with Crippen LogP contribution in [0.1, 0.15) is 43.0 Å². The fourth-order valence-electron chi connectivity index (χ4n) is 3.53. The van der Waals surface area contributed by atoms with Crippen LogP contribution >= 0.6 is 0 Å². The number of anilines is 1. The van der Waals surface area contributed by atoms with Gasteiger partial charge in [0.15, 0.2) is 9.84 Å². The number of aryl methyl sites for hydroxylation is 2. The van der Waals surface area contributed by atoms with Crippen molar-refractivity contribution in [3.63, 3.8) is 0 Å². The number of carbonyl (C=O) groups is 1. The van der Waals surface area contributed by atoms with Crippen molar-refractivity contribution in [3.05, 3.63) is 59.2 Å². The Morgan fingerprint density at radius 3 is 1.90 bits per heavy atom. The molecule has 170 valence electrons. The highest BCUT2D eigenvalue weighted by atomic mass is 32.2. The summed E-state index contributed by atoms with van der Waals surface area (Å²) in [5.41, 5.74) is 2.97. The summed E-state index contributed by atoms with van der Waals surface area (Å²) in [6.07, 6.45) is 2.51. The van der Waals surface area contributed by atoms with Crippen molar-refractivity contribution in [1.29, 1.82) is 0 Å². The lowest BCUT2D eigenvalue weighted by Crippen LogP contribution is -2.49. The van der Waals surface area contributed by atoms with Gasteiger partial charge in [0.25, 0.3) is 0 Å². The number of sulfone groups is 1. The number of sulfonamides is 1. The van der Waals surface area contributed by atoms with E-state index in [9.17, 15) is 21.6 Å². The third-order valence-electron chi connectivity index (χ3n) is 4.96. The predicted molar refractivity (Wildman–Crippen MR) is 123 cm³/mol. The van der Waals surface area contributed by atoms with Crippen molar-refractivity contribution in [2.45, 2.75) is 51.1 Å². The molecule has 2 rings (SSSR count). The standard InChI is InChI=1S/C22H30N2O5S2/c1-7-21(24(31(6,28)29)19-13-15(2)12-16(3)14-19)22(25)23-17(4)18-8-10-20(11-9-18)30(5,26)27/h8-14,17,21H,7H2,1-6H3,(H,23,25)/t17-,21-/m0/s1. The van der Waals surface area contributed by atoms with Crippen LogP contribution in [-0.2, 0) is 24.7 Å². The molecular weight excluding hydrogens is 436 g/mol. The van der Waals surface area contributed by atoms with Gasteiger partial charge < -0.3 is 5.32 Å². The van der Waals surface area contributed by atoms with E-state index in [1.165, 1.54) is 16.4 Å². The molecule has 2 atom stereocenters. The molecule has 0 bridgehead atoms. The van der Waals surface area contributed by atoms with E-state index >= 15 is 0 Å². The number of hydrogen-bond donors (Lipinski definition) is 1. The zero-order chi connectivity index (χ0) is 23.6. The Hall–Kier alpha value is -2.39. The van der Waals surface area contributed by atoms with Crippen molar-refractivity contribution >= 4 is 31.5 Å². The molecule has 0 unspecified atom stereocenters. The fraction of sp³-hybridized carbons (Fsp3) is 0.409. The molecule has 0 aliphatic carbocycles. The fourth-order valence-corrected chi connectivity index (χ4v) is 5.36. The van der Waals surface area contributed by atoms with Gasteiger partial charge in [0.05, 0.1) is 22.9 Å². The molecular formula is C22H30N2O5S2. The smallest absolute Gasteiger partial charge is 0.244 e. The Balaban J connectivity index is 2.33. The normalized spacial score (nSPS) is 14.0. The minimum Gasteiger partial charge on any atom is -0.348 e. The van der Waals surface area contributed by atoms with Gasteiger partial charge in [0.2, 0.25) is 15.9 Å². The SMILES string of the molecule is CC[C@@H](C(=O)N[C@@H](C)c1ccc(S(C)(=O)=O)cc1)N(c1cc(C)cc(C)c1)S(C)(=O)=O. The molecule has 0 spiro atoms. The molecule has 2 aromatic carbocycles. The van der Waals surface area contributed by atoms with Crippen molar-refractivity contribution in [3.8, 4) is 0 Å². The first-order valence-electron chi connectivity index (χ1n) is 9.92. The first-order valence-corrected chi connectivity index (χ1v) is 13.7. The number of benzene rings is 2. The highest BCUT2D eigenvalue weighted by Gasteiger charge is 2.32. The lowest BCUT2D eigenvalue weighted by molar-refractivity contribution is -0.122. The first kappa shape index (κ1) is 24.9. The van der Waals surface area contributed by atoms with Crippen molar-refractivity contribution < 1.29 is 21.6 Å². The average Bonchev–Trinajstić information content (AvgIpc) is 2.63. The molecule has 0 saturated heterocycles. The second-order valence-corrected chi connectivity index (χ2v) is 11.8. The maximum absolute atomic E-state index is 13.1.